The van der Waals surface area contributed by atoms with Crippen molar-refractivity contribution in [2.75, 3.05) is 0 Å². The molecule has 0 aliphatic carbocycles. The molecule has 4 aromatic rings. The van der Waals surface area contributed by atoms with Gasteiger partial charge in [0.2, 0.25) is 0 Å². The Bertz CT molecular complexity index is 848. The van der Waals surface area contributed by atoms with Crippen LogP contribution in [0.3, 0.4) is 0 Å². The molecule has 2 heterocycles. The highest BCUT2D eigenvalue weighted by molar-refractivity contribution is 7.17. The summed E-state index contributed by atoms with van der Waals surface area (Å²) < 4.78 is 1.17. The average molecular weight is 236 g/mol. The Morgan fingerprint density at radius 3 is 2.82 bits per heavy atom. The fourth-order valence-corrected chi connectivity index (χ4v) is 2.95. The second kappa shape index (κ2) is 3.25. The fourth-order valence-electron chi connectivity index (χ4n) is 2.16. The molecule has 2 aromatic carbocycles. The first-order valence-electron chi connectivity index (χ1n) is 5.43. The Morgan fingerprint density at radius 2 is 1.82 bits per heavy atom. The number of para-hydroxylation sites is 1. The van der Waals surface area contributed by atoms with Crippen LogP contribution in [-0.2, 0) is 0 Å². The number of thiazole rings is 1. The van der Waals surface area contributed by atoms with E-state index in [-0.39, 0.29) is 0 Å². The Kier molecular flexibility index (Phi) is 1.73. The van der Waals surface area contributed by atoms with Crippen LogP contribution >= 0.6 is 11.3 Å². The molecule has 0 saturated carbocycles. The number of benzene rings is 2. The van der Waals surface area contributed by atoms with E-state index < -0.39 is 0 Å². The maximum Gasteiger partial charge on any atom is 0.0904 e. The predicted molar refractivity (Wildman–Crippen MR) is 72.4 cm³/mol. The van der Waals surface area contributed by atoms with E-state index >= 15 is 0 Å². The Balaban J connectivity index is 2.29. The molecule has 0 radical (unpaired) electrons. The van der Waals surface area contributed by atoms with Gasteiger partial charge >= 0.3 is 0 Å². The van der Waals surface area contributed by atoms with E-state index in [2.05, 4.69) is 35.3 Å². The first-order valence-corrected chi connectivity index (χ1v) is 6.31. The van der Waals surface area contributed by atoms with Crippen LogP contribution in [0, 0.1) is 0 Å². The van der Waals surface area contributed by atoms with Crippen LogP contribution < -0.4 is 0 Å². The summed E-state index contributed by atoms with van der Waals surface area (Å²) in [4.78, 5) is 9.08. The summed E-state index contributed by atoms with van der Waals surface area (Å²) >= 11 is 1.65. The lowest BCUT2D eigenvalue weighted by Crippen LogP contribution is -1.82. The Hall–Kier alpha value is -2.00. The first-order chi connectivity index (χ1) is 8.42. The molecule has 0 aliphatic rings. The lowest BCUT2D eigenvalue weighted by Gasteiger charge is -2.01. The second-order valence-corrected chi connectivity index (χ2v) is 4.87. The van der Waals surface area contributed by atoms with Crippen molar-refractivity contribution in [3.05, 3.63) is 48.0 Å². The zero-order valence-electron chi connectivity index (χ0n) is 8.92. The summed E-state index contributed by atoms with van der Waals surface area (Å²) in [5.41, 5.74) is 5.01. The van der Waals surface area contributed by atoms with Gasteiger partial charge in [-0.15, -0.1) is 11.3 Å². The van der Waals surface area contributed by atoms with Crippen molar-refractivity contribution in [1.29, 1.82) is 0 Å². The third-order valence-corrected chi connectivity index (χ3v) is 3.83. The fraction of sp³-hybridized carbons (Fsp3) is 0. The van der Waals surface area contributed by atoms with E-state index in [1.807, 2.05) is 17.6 Å². The monoisotopic (exact) mass is 236 g/mol. The SMILES string of the molecule is c1ccc2nc3c(ccc4ncsc43)cc2c1. The van der Waals surface area contributed by atoms with Crippen LogP contribution in [0.1, 0.15) is 0 Å². The maximum atomic E-state index is 4.75. The number of hydrogen-bond acceptors (Lipinski definition) is 3. The molecular formula is C14H8N2S. The number of nitrogens with zero attached hydrogens (tertiary/aromatic N) is 2. The molecule has 3 heteroatoms. The molecule has 2 nitrogen and oxygen atoms in total. The first kappa shape index (κ1) is 9.07. The van der Waals surface area contributed by atoms with Gasteiger partial charge in [0.25, 0.3) is 0 Å². The third-order valence-electron chi connectivity index (χ3n) is 2.98. The molecule has 0 amide bonds. The van der Waals surface area contributed by atoms with Gasteiger partial charge in [-0.25, -0.2) is 9.97 Å². The van der Waals surface area contributed by atoms with E-state index in [1.165, 1.54) is 15.5 Å². The van der Waals surface area contributed by atoms with Crippen molar-refractivity contribution in [2.24, 2.45) is 0 Å². The number of fused-ring (bicyclic) bond motifs is 4. The molecule has 0 N–H and O–H groups in total. The molecule has 80 valence electrons. The molecular weight excluding hydrogens is 228 g/mol. The van der Waals surface area contributed by atoms with Gasteiger partial charge < -0.3 is 0 Å². The molecule has 0 bridgehead atoms. The van der Waals surface area contributed by atoms with E-state index in [4.69, 9.17) is 4.98 Å². The Morgan fingerprint density at radius 1 is 0.882 bits per heavy atom. The largest absolute Gasteiger partial charge is 0.246 e. The number of pyridine rings is 1. The smallest absolute Gasteiger partial charge is 0.0904 e. The van der Waals surface area contributed by atoms with Crippen molar-refractivity contribution in [2.45, 2.75) is 0 Å². The summed E-state index contributed by atoms with van der Waals surface area (Å²) in [6.07, 6.45) is 0. The highest BCUT2D eigenvalue weighted by atomic mass is 32.1. The highest BCUT2D eigenvalue weighted by Gasteiger charge is 2.05. The highest BCUT2D eigenvalue weighted by Crippen LogP contribution is 2.28. The molecule has 0 spiro atoms. The summed E-state index contributed by atoms with van der Waals surface area (Å²) in [7, 11) is 0. The number of rotatable bonds is 0. The van der Waals surface area contributed by atoms with Gasteiger partial charge in [0.15, 0.2) is 0 Å². The van der Waals surface area contributed by atoms with Crippen LogP contribution in [0.5, 0.6) is 0 Å². The molecule has 0 aliphatic heterocycles. The van der Waals surface area contributed by atoms with Crippen molar-refractivity contribution in [3.63, 3.8) is 0 Å². The summed E-state index contributed by atoms with van der Waals surface area (Å²) in [6.45, 7) is 0. The van der Waals surface area contributed by atoms with Crippen molar-refractivity contribution in [3.8, 4) is 0 Å². The van der Waals surface area contributed by atoms with Crippen LogP contribution in [0.15, 0.2) is 48.0 Å². The minimum atomic E-state index is 1.03. The maximum absolute atomic E-state index is 4.75. The molecule has 0 atom stereocenters. The van der Waals surface area contributed by atoms with Gasteiger partial charge in [-0.1, -0.05) is 24.3 Å². The van der Waals surface area contributed by atoms with Crippen molar-refractivity contribution >= 4 is 43.4 Å². The zero-order chi connectivity index (χ0) is 11.2. The van der Waals surface area contributed by atoms with Crippen LogP contribution in [0.25, 0.3) is 32.0 Å². The minimum absolute atomic E-state index is 1.03. The molecule has 0 fully saturated rings. The summed E-state index contributed by atoms with van der Waals surface area (Å²) in [5.74, 6) is 0. The van der Waals surface area contributed by atoms with E-state index in [0.29, 0.717) is 0 Å². The summed E-state index contributed by atoms with van der Waals surface area (Å²) in [5, 5.41) is 2.37. The average Bonchev–Trinajstić information content (AvgIpc) is 2.85. The molecule has 17 heavy (non-hydrogen) atoms. The zero-order valence-corrected chi connectivity index (χ0v) is 9.74. The van der Waals surface area contributed by atoms with Crippen LogP contribution in [0.2, 0.25) is 0 Å². The lowest BCUT2D eigenvalue weighted by molar-refractivity contribution is 1.49. The van der Waals surface area contributed by atoms with E-state index in [9.17, 15) is 0 Å². The van der Waals surface area contributed by atoms with Gasteiger partial charge in [-0.05, 0) is 18.2 Å². The number of aromatic nitrogens is 2. The van der Waals surface area contributed by atoms with E-state index in [0.717, 1.165) is 16.6 Å². The molecule has 2 aromatic heterocycles. The molecule has 4 rings (SSSR count). The Labute approximate surface area is 102 Å². The summed E-state index contributed by atoms with van der Waals surface area (Å²) in [6, 6.07) is 14.6. The number of hydrogen-bond donors (Lipinski definition) is 0. The van der Waals surface area contributed by atoms with E-state index in [1.54, 1.807) is 11.3 Å². The lowest BCUT2D eigenvalue weighted by atomic mass is 10.1. The predicted octanol–water partition coefficient (Wildman–Crippen LogP) is 4.00. The van der Waals surface area contributed by atoms with Gasteiger partial charge in [0.1, 0.15) is 0 Å². The second-order valence-electron chi connectivity index (χ2n) is 4.02. The standard InChI is InChI=1S/C14H8N2S/c1-2-4-11-9(3-1)7-10-5-6-12-14(13(10)16-11)17-8-15-12/h1-8H. The molecule has 0 unspecified atom stereocenters. The van der Waals surface area contributed by atoms with Crippen LogP contribution in [0.4, 0.5) is 0 Å². The third kappa shape index (κ3) is 1.26. The minimum Gasteiger partial charge on any atom is -0.246 e. The van der Waals surface area contributed by atoms with Crippen molar-refractivity contribution < 1.29 is 0 Å². The van der Waals surface area contributed by atoms with Crippen LogP contribution in [-0.4, -0.2) is 9.97 Å². The van der Waals surface area contributed by atoms with Crippen molar-refractivity contribution in [1.82, 2.24) is 9.97 Å². The van der Waals surface area contributed by atoms with Gasteiger partial charge in [0, 0.05) is 10.8 Å². The van der Waals surface area contributed by atoms with Gasteiger partial charge in [-0.3, -0.25) is 0 Å². The topological polar surface area (TPSA) is 25.8 Å². The normalized spacial score (nSPS) is 11.5. The van der Waals surface area contributed by atoms with Gasteiger partial charge in [-0.2, -0.15) is 0 Å². The quantitative estimate of drug-likeness (QED) is 0.431. The molecule has 0 saturated heterocycles. The van der Waals surface area contributed by atoms with Gasteiger partial charge in [0.05, 0.1) is 26.8 Å².